The van der Waals surface area contributed by atoms with Crippen LogP contribution in [0.15, 0.2) is 29.4 Å². The molecule has 1 heterocycles. The maximum absolute atomic E-state index is 4.40. The van der Waals surface area contributed by atoms with Crippen molar-refractivity contribution >= 4 is 5.71 Å². The van der Waals surface area contributed by atoms with Gasteiger partial charge < -0.3 is 0 Å². The molecule has 0 bridgehead atoms. The summed E-state index contributed by atoms with van der Waals surface area (Å²) in [5.74, 6) is 0. The van der Waals surface area contributed by atoms with Crippen LogP contribution in [0.2, 0.25) is 0 Å². The van der Waals surface area contributed by atoms with Crippen LogP contribution in [0.1, 0.15) is 26.5 Å². The average molecular weight is 162 g/mol. The molecule has 0 unspecified atom stereocenters. The molecule has 0 amide bonds. The first-order chi connectivity index (χ1) is 5.70. The van der Waals surface area contributed by atoms with Crippen LogP contribution in [-0.2, 0) is 0 Å². The summed E-state index contributed by atoms with van der Waals surface area (Å²) < 4.78 is 0. The van der Waals surface area contributed by atoms with Crippen molar-refractivity contribution in [3.05, 3.63) is 30.1 Å². The Labute approximate surface area is 73.4 Å². The predicted octanol–water partition coefficient (Wildman–Crippen LogP) is 2.30. The lowest BCUT2D eigenvalue weighted by Gasteiger charge is -2.01. The van der Waals surface area contributed by atoms with Gasteiger partial charge in [0.25, 0.3) is 0 Å². The summed E-state index contributed by atoms with van der Waals surface area (Å²) in [6.45, 7) is 6.11. The lowest BCUT2D eigenvalue weighted by atomic mass is 10.2. The summed E-state index contributed by atoms with van der Waals surface area (Å²) in [5.41, 5.74) is 1.97. The Morgan fingerprint density at radius 2 is 2.17 bits per heavy atom. The van der Waals surface area contributed by atoms with Crippen molar-refractivity contribution in [2.24, 2.45) is 4.99 Å². The van der Waals surface area contributed by atoms with E-state index in [-0.39, 0.29) is 0 Å². The van der Waals surface area contributed by atoms with Gasteiger partial charge in [-0.25, -0.2) is 0 Å². The van der Waals surface area contributed by atoms with Gasteiger partial charge in [0.05, 0.1) is 11.4 Å². The minimum Gasteiger partial charge on any atom is -0.285 e. The van der Waals surface area contributed by atoms with E-state index < -0.39 is 0 Å². The molecule has 0 spiro atoms. The quantitative estimate of drug-likeness (QED) is 0.612. The van der Waals surface area contributed by atoms with E-state index in [4.69, 9.17) is 0 Å². The second kappa shape index (κ2) is 4.00. The first kappa shape index (κ1) is 8.91. The van der Waals surface area contributed by atoms with Crippen LogP contribution in [-0.4, -0.2) is 16.7 Å². The lowest BCUT2D eigenvalue weighted by molar-refractivity contribution is 0.834. The Morgan fingerprint density at radius 3 is 2.67 bits per heavy atom. The maximum atomic E-state index is 4.40. The molecule has 0 saturated carbocycles. The molecule has 0 atom stereocenters. The molecule has 12 heavy (non-hydrogen) atoms. The molecule has 1 aromatic heterocycles. The third-order valence-electron chi connectivity index (χ3n) is 1.49. The van der Waals surface area contributed by atoms with Crippen LogP contribution >= 0.6 is 0 Å². The van der Waals surface area contributed by atoms with Crippen molar-refractivity contribution in [1.82, 2.24) is 4.98 Å². The summed E-state index contributed by atoms with van der Waals surface area (Å²) in [5, 5.41) is 0. The molecule has 1 rings (SSSR count). The number of hydrogen-bond donors (Lipinski definition) is 0. The van der Waals surface area contributed by atoms with Gasteiger partial charge >= 0.3 is 0 Å². The molecular formula is C10H14N2. The Hall–Kier alpha value is -1.18. The van der Waals surface area contributed by atoms with Gasteiger partial charge in [0.15, 0.2) is 0 Å². The Balaban J connectivity index is 2.85. The normalized spacial score (nSPS) is 12.2. The average Bonchev–Trinajstić information content (AvgIpc) is 2.05. The number of aliphatic imine (C=N–C) groups is 1. The highest BCUT2D eigenvalue weighted by Crippen LogP contribution is 1.98. The zero-order valence-corrected chi connectivity index (χ0v) is 7.78. The van der Waals surface area contributed by atoms with E-state index in [9.17, 15) is 0 Å². The summed E-state index contributed by atoms with van der Waals surface area (Å²) >= 11 is 0. The highest BCUT2D eigenvalue weighted by atomic mass is 14.8. The molecule has 0 aliphatic carbocycles. The summed E-state index contributed by atoms with van der Waals surface area (Å²) in [7, 11) is 0. The van der Waals surface area contributed by atoms with Crippen LogP contribution < -0.4 is 0 Å². The fraction of sp³-hybridized carbons (Fsp3) is 0.400. The zero-order valence-electron chi connectivity index (χ0n) is 7.78. The van der Waals surface area contributed by atoms with Crippen LogP contribution in [0.25, 0.3) is 0 Å². The molecule has 2 nitrogen and oxygen atoms in total. The maximum Gasteiger partial charge on any atom is 0.0837 e. The number of aromatic nitrogens is 1. The first-order valence-corrected chi connectivity index (χ1v) is 4.16. The van der Waals surface area contributed by atoms with E-state index >= 15 is 0 Å². The van der Waals surface area contributed by atoms with Gasteiger partial charge in [-0.2, -0.15) is 0 Å². The lowest BCUT2D eigenvalue weighted by Crippen LogP contribution is -2.01. The van der Waals surface area contributed by atoms with Crippen molar-refractivity contribution in [2.45, 2.75) is 26.8 Å². The third-order valence-corrected chi connectivity index (χ3v) is 1.49. The van der Waals surface area contributed by atoms with Crippen molar-refractivity contribution in [2.75, 3.05) is 0 Å². The Kier molecular flexibility index (Phi) is 2.97. The van der Waals surface area contributed by atoms with E-state index in [1.807, 2.05) is 25.1 Å². The molecule has 1 aromatic rings. The van der Waals surface area contributed by atoms with Crippen molar-refractivity contribution in [3.8, 4) is 0 Å². The van der Waals surface area contributed by atoms with Gasteiger partial charge in [-0.1, -0.05) is 6.07 Å². The standard InChI is InChI=1S/C10H14N2/c1-8(2)12-9(3)10-6-4-5-7-11-10/h4-8H,1-3H3/b12-9+. The van der Waals surface area contributed by atoms with Gasteiger partial charge in [-0.3, -0.25) is 9.98 Å². The summed E-state index contributed by atoms with van der Waals surface area (Å²) in [4.78, 5) is 8.60. The van der Waals surface area contributed by atoms with Gasteiger partial charge in [0.1, 0.15) is 0 Å². The zero-order chi connectivity index (χ0) is 8.97. The largest absolute Gasteiger partial charge is 0.285 e. The highest BCUT2D eigenvalue weighted by Gasteiger charge is 1.97. The Bertz CT molecular complexity index is 262. The van der Waals surface area contributed by atoms with Crippen molar-refractivity contribution in [3.63, 3.8) is 0 Å². The highest BCUT2D eigenvalue weighted by molar-refractivity contribution is 5.96. The minimum absolute atomic E-state index is 0.340. The fourth-order valence-corrected chi connectivity index (χ4v) is 1.03. The molecule has 0 fully saturated rings. The fourth-order valence-electron chi connectivity index (χ4n) is 1.03. The monoisotopic (exact) mass is 162 g/mol. The van der Waals surface area contributed by atoms with E-state index in [0.29, 0.717) is 6.04 Å². The number of rotatable bonds is 2. The third kappa shape index (κ3) is 2.46. The van der Waals surface area contributed by atoms with E-state index in [1.54, 1.807) is 6.20 Å². The van der Waals surface area contributed by atoms with Gasteiger partial charge in [-0.05, 0) is 32.9 Å². The molecule has 2 heteroatoms. The van der Waals surface area contributed by atoms with E-state index in [2.05, 4.69) is 23.8 Å². The van der Waals surface area contributed by atoms with Crippen LogP contribution in [0, 0.1) is 0 Å². The predicted molar refractivity (Wildman–Crippen MR) is 51.6 cm³/mol. The second-order valence-corrected chi connectivity index (χ2v) is 3.02. The molecular weight excluding hydrogens is 148 g/mol. The molecule has 0 aliphatic heterocycles. The van der Waals surface area contributed by atoms with Gasteiger partial charge in [0, 0.05) is 12.2 Å². The first-order valence-electron chi connectivity index (χ1n) is 4.16. The van der Waals surface area contributed by atoms with Gasteiger partial charge in [-0.15, -0.1) is 0 Å². The topological polar surface area (TPSA) is 25.2 Å². The minimum atomic E-state index is 0.340. The second-order valence-electron chi connectivity index (χ2n) is 3.02. The molecule has 0 radical (unpaired) electrons. The van der Waals surface area contributed by atoms with E-state index in [0.717, 1.165) is 11.4 Å². The smallest absolute Gasteiger partial charge is 0.0837 e. The van der Waals surface area contributed by atoms with E-state index in [1.165, 1.54) is 0 Å². The molecule has 0 N–H and O–H groups in total. The van der Waals surface area contributed by atoms with Gasteiger partial charge in [0.2, 0.25) is 0 Å². The Morgan fingerprint density at radius 1 is 1.42 bits per heavy atom. The van der Waals surface area contributed by atoms with Crippen molar-refractivity contribution < 1.29 is 0 Å². The summed E-state index contributed by atoms with van der Waals surface area (Å²) in [6.07, 6.45) is 1.79. The molecule has 0 aliphatic rings. The summed E-state index contributed by atoms with van der Waals surface area (Å²) in [6, 6.07) is 6.20. The number of hydrogen-bond acceptors (Lipinski definition) is 2. The SMILES string of the molecule is C/C(=N\C(C)C)c1ccccn1. The van der Waals surface area contributed by atoms with Crippen molar-refractivity contribution in [1.29, 1.82) is 0 Å². The molecule has 0 saturated heterocycles. The molecule has 0 aromatic carbocycles. The molecule has 64 valence electrons. The number of pyridine rings is 1. The number of nitrogens with zero attached hydrogens (tertiary/aromatic N) is 2. The van der Waals surface area contributed by atoms with Crippen LogP contribution in [0.5, 0.6) is 0 Å². The van der Waals surface area contributed by atoms with Crippen LogP contribution in [0.3, 0.4) is 0 Å². The van der Waals surface area contributed by atoms with Crippen LogP contribution in [0.4, 0.5) is 0 Å².